The number of likely N-dealkylation sites (N-methyl/N-ethyl adjacent to an activating group) is 1. The van der Waals surface area contributed by atoms with Crippen molar-refractivity contribution in [1.29, 1.82) is 0 Å². The maximum absolute atomic E-state index is 13.0. The topological polar surface area (TPSA) is 80.9 Å². The van der Waals surface area contributed by atoms with Crippen molar-refractivity contribution in [2.45, 2.75) is 45.1 Å². The molecule has 0 bridgehead atoms. The quantitative estimate of drug-likeness (QED) is 0.890. The number of amides is 1. The number of likely N-dealkylation sites (tertiary alicyclic amines) is 1. The van der Waals surface area contributed by atoms with Crippen LogP contribution < -0.4 is 0 Å². The summed E-state index contributed by atoms with van der Waals surface area (Å²) in [5.41, 5.74) is 5.39. The van der Waals surface area contributed by atoms with E-state index in [1.54, 1.807) is 0 Å². The minimum atomic E-state index is 0.0755. The summed E-state index contributed by atoms with van der Waals surface area (Å²) in [5.74, 6) is 0.548. The maximum Gasteiger partial charge on any atom is 0.274 e. The summed E-state index contributed by atoms with van der Waals surface area (Å²) in [6.45, 7) is 5.53. The molecule has 25 heavy (non-hydrogen) atoms. The lowest BCUT2D eigenvalue weighted by Gasteiger charge is -2.32. The number of H-pyrrole nitrogens is 2. The predicted molar refractivity (Wildman–Crippen MR) is 94.5 cm³/mol. The zero-order valence-corrected chi connectivity index (χ0v) is 15.0. The van der Waals surface area contributed by atoms with E-state index in [-0.39, 0.29) is 5.91 Å². The van der Waals surface area contributed by atoms with Crippen molar-refractivity contribution >= 4 is 5.91 Å². The van der Waals surface area contributed by atoms with Gasteiger partial charge >= 0.3 is 0 Å². The van der Waals surface area contributed by atoms with E-state index in [1.807, 2.05) is 11.1 Å². The van der Waals surface area contributed by atoms with Gasteiger partial charge < -0.3 is 9.80 Å². The van der Waals surface area contributed by atoms with Crippen molar-refractivity contribution in [3.8, 4) is 0 Å². The van der Waals surface area contributed by atoms with Gasteiger partial charge in [0.2, 0.25) is 0 Å². The molecule has 134 valence electrons. The number of fused-ring (bicyclic) bond motifs is 1. The molecule has 0 radical (unpaired) electrons. The van der Waals surface area contributed by atoms with E-state index in [9.17, 15) is 4.79 Å². The van der Waals surface area contributed by atoms with Gasteiger partial charge in [0.25, 0.3) is 5.91 Å². The average Bonchev–Trinajstić information content (AvgIpc) is 3.27. The lowest BCUT2D eigenvalue weighted by atomic mass is 9.90. The summed E-state index contributed by atoms with van der Waals surface area (Å²) in [4.78, 5) is 17.2. The van der Waals surface area contributed by atoms with Gasteiger partial charge in [-0.3, -0.25) is 15.0 Å². The third-order valence-corrected chi connectivity index (χ3v) is 5.65. The van der Waals surface area contributed by atoms with Crippen LogP contribution in [0.25, 0.3) is 0 Å². The second-order valence-corrected chi connectivity index (χ2v) is 7.25. The summed E-state index contributed by atoms with van der Waals surface area (Å²) < 4.78 is 0. The molecule has 0 spiro atoms. The van der Waals surface area contributed by atoms with Gasteiger partial charge in [-0.25, -0.2) is 0 Å². The Hall–Kier alpha value is -2.15. The SMILES string of the molecule is CCc1cn[nH]c1C1CCN(C(=O)c2n[nH]c3c2CN(C)CC3)CC1. The van der Waals surface area contributed by atoms with Crippen LogP contribution in [0.15, 0.2) is 6.20 Å². The summed E-state index contributed by atoms with van der Waals surface area (Å²) in [7, 11) is 2.09. The first kappa shape index (κ1) is 16.3. The van der Waals surface area contributed by atoms with Gasteiger partial charge in [0.05, 0.1) is 6.20 Å². The van der Waals surface area contributed by atoms with Gasteiger partial charge in [-0.1, -0.05) is 6.92 Å². The van der Waals surface area contributed by atoms with Gasteiger partial charge in [-0.2, -0.15) is 10.2 Å². The summed E-state index contributed by atoms with van der Waals surface area (Å²) in [5, 5.41) is 14.8. The van der Waals surface area contributed by atoms with E-state index < -0.39 is 0 Å². The summed E-state index contributed by atoms with van der Waals surface area (Å²) in [6, 6.07) is 0. The number of aryl methyl sites for hydroxylation is 1. The fraction of sp³-hybridized carbons (Fsp3) is 0.611. The number of nitrogens with one attached hydrogen (secondary N) is 2. The molecule has 0 aliphatic carbocycles. The molecule has 7 heteroatoms. The Morgan fingerprint density at radius 1 is 1.28 bits per heavy atom. The van der Waals surface area contributed by atoms with E-state index in [4.69, 9.17) is 0 Å². The maximum atomic E-state index is 13.0. The van der Waals surface area contributed by atoms with Crippen molar-refractivity contribution in [3.05, 3.63) is 34.4 Å². The number of aromatic amines is 2. The largest absolute Gasteiger partial charge is 0.337 e. The van der Waals surface area contributed by atoms with E-state index in [0.29, 0.717) is 11.6 Å². The fourth-order valence-electron chi connectivity index (χ4n) is 4.08. The van der Waals surface area contributed by atoms with Crippen LogP contribution in [-0.2, 0) is 19.4 Å². The Morgan fingerprint density at radius 3 is 2.84 bits per heavy atom. The molecule has 2 aliphatic heterocycles. The average molecular weight is 342 g/mol. The molecule has 2 aromatic heterocycles. The number of aromatic nitrogens is 4. The van der Waals surface area contributed by atoms with E-state index >= 15 is 0 Å². The van der Waals surface area contributed by atoms with Crippen molar-refractivity contribution in [3.63, 3.8) is 0 Å². The van der Waals surface area contributed by atoms with Gasteiger partial charge in [-0.05, 0) is 31.9 Å². The number of piperidine rings is 1. The number of nitrogens with zero attached hydrogens (tertiary/aromatic N) is 4. The minimum absolute atomic E-state index is 0.0755. The fourth-order valence-corrected chi connectivity index (χ4v) is 4.08. The zero-order valence-electron chi connectivity index (χ0n) is 15.0. The molecule has 1 fully saturated rings. The Balaban J connectivity index is 1.45. The summed E-state index contributed by atoms with van der Waals surface area (Å²) in [6.07, 6.45) is 5.83. The van der Waals surface area contributed by atoms with Crippen LogP contribution >= 0.6 is 0 Å². The number of rotatable bonds is 3. The van der Waals surface area contributed by atoms with Crippen LogP contribution in [0.5, 0.6) is 0 Å². The molecule has 2 aliphatic rings. The lowest BCUT2D eigenvalue weighted by molar-refractivity contribution is 0.0703. The molecule has 0 aromatic carbocycles. The molecule has 7 nitrogen and oxygen atoms in total. The Labute approximate surface area is 147 Å². The molecule has 1 saturated heterocycles. The van der Waals surface area contributed by atoms with Crippen LogP contribution in [-0.4, -0.2) is 62.8 Å². The monoisotopic (exact) mass is 342 g/mol. The van der Waals surface area contributed by atoms with Crippen LogP contribution in [0.1, 0.15) is 58.7 Å². The minimum Gasteiger partial charge on any atom is -0.337 e. The van der Waals surface area contributed by atoms with Crippen molar-refractivity contribution < 1.29 is 4.79 Å². The lowest BCUT2D eigenvalue weighted by Crippen LogP contribution is -2.39. The van der Waals surface area contributed by atoms with E-state index in [2.05, 4.69) is 39.3 Å². The normalized spacial score (nSPS) is 19.2. The van der Waals surface area contributed by atoms with E-state index in [0.717, 1.165) is 63.1 Å². The smallest absolute Gasteiger partial charge is 0.274 e. The first-order chi connectivity index (χ1) is 12.2. The van der Waals surface area contributed by atoms with Crippen molar-refractivity contribution in [2.75, 3.05) is 26.7 Å². The Bertz CT molecular complexity index is 755. The highest BCUT2D eigenvalue weighted by atomic mass is 16.2. The second-order valence-electron chi connectivity index (χ2n) is 7.25. The predicted octanol–water partition coefficient (Wildman–Crippen LogP) is 1.70. The highest BCUT2D eigenvalue weighted by Gasteiger charge is 2.30. The molecular weight excluding hydrogens is 316 g/mol. The Kier molecular flexibility index (Phi) is 4.33. The number of carbonyl (C=O) groups excluding carboxylic acids is 1. The molecule has 0 atom stereocenters. The molecule has 1 amide bonds. The first-order valence-corrected chi connectivity index (χ1v) is 9.23. The number of hydrogen-bond acceptors (Lipinski definition) is 4. The van der Waals surface area contributed by atoms with Gasteiger partial charge in [0.15, 0.2) is 5.69 Å². The Morgan fingerprint density at radius 2 is 2.08 bits per heavy atom. The molecule has 2 aromatic rings. The molecule has 4 heterocycles. The highest BCUT2D eigenvalue weighted by molar-refractivity contribution is 5.94. The van der Waals surface area contributed by atoms with E-state index in [1.165, 1.54) is 11.3 Å². The van der Waals surface area contributed by atoms with Crippen molar-refractivity contribution in [1.82, 2.24) is 30.2 Å². The standard InChI is InChI=1S/C18H26N6O/c1-3-12-10-19-21-16(12)13-4-8-24(9-5-13)18(25)17-14-11-23(2)7-6-15(14)20-22-17/h10,13H,3-9,11H2,1-2H3,(H,19,21)(H,20,22). The second kappa shape index (κ2) is 6.63. The number of hydrogen-bond donors (Lipinski definition) is 2. The third-order valence-electron chi connectivity index (χ3n) is 5.65. The molecule has 4 rings (SSSR count). The van der Waals surface area contributed by atoms with Crippen LogP contribution in [0, 0.1) is 0 Å². The van der Waals surface area contributed by atoms with Crippen LogP contribution in [0.4, 0.5) is 0 Å². The first-order valence-electron chi connectivity index (χ1n) is 9.23. The summed E-state index contributed by atoms with van der Waals surface area (Å²) >= 11 is 0. The third kappa shape index (κ3) is 2.97. The van der Waals surface area contributed by atoms with Gasteiger partial charge in [0.1, 0.15) is 0 Å². The molecule has 0 saturated carbocycles. The molecule has 0 unspecified atom stereocenters. The van der Waals surface area contributed by atoms with Crippen LogP contribution in [0.3, 0.4) is 0 Å². The zero-order chi connectivity index (χ0) is 17.4. The highest BCUT2D eigenvalue weighted by Crippen LogP contribution is 2.30. The van der Waals surface area contributed by atoms with Gasteiger partial charge in [0, 0.05) is 55.5 Å². The van der Waals surface area contributed by atoms with Crippen LogP contribution in [0.2, 0.25) is 0 Å². The molecular formula is C18H26N6O. The molecule has 2 N–H and O–H groups in total. The van der Waals surface area contributed by atoms with Crippen molar-refractivity contribution in [2.24, 2.45) is 0 Å². The number of carbonyl (C=O) groups is 1. The van der Waals surface area contributed by atoms with Gasteiger partial charge in [-0.15, -0.1) is 0 Å².